The van der Waals surface area contributed by atoms with Gasteiger partial charge in [0.1, 0.15) is 11.5 Å². The standard InChI is InChI=1S/C18H14O2S.F6P/c19-14-6-9-16(10-7-14)21-18-11-8-15(20)12-17(18)13-4-2-1-3-5-13;1-7(2,3,4,5)6/h1-12,19-20H;/q;-1/p+1. The van der Waals surface area contributed by atoms with Gasteiger partial charge in [-0.1, -0.05) is 30.3 Å². The Kier molecular flexibility index (Phi) is 5.65. The molecule has 2 nitrogen and oxygen atoms in total. The van der Waals surface area contributed by atoms with Gasteiger partial charge in [0.05, 0.1) is 0 Å². The molecule has 0 amide bonds. The SMILES string of the molecule is F[P-](F)(F)(F)(F)F.Oc1ccc([SH+]c2ccc(O)cc2-c2ccccc2)cc1. The van der Waals surface area contributed by atoms with Crippen LogP contribution in [-0.4, -0.2) is 10.2 Å². The van der Waals surface area contributed by atoms with Crippen molar-refractivity contribution in [1.82, 2.24) is 0 Å². The van der Waals surface area contributed by atoms with Gasteiger partial charge in [0.25, 0.3) is 0 Å². The van der Waals surface area contributed by atoms with E-state index in [2.05, 4.69) is 0 Å². The van der Waals surface area contributed by atoms with Crippen LogP contribution in [0.3, 0.4) is 0 Å². The maximum Gasteiger partial charge on any atom is 0.166 e. The zero-order valence-electron chi connectivity index (χ0n) is 14.0. The number of phenolic OH excluding ortho intramolecular Hbond substituents is 2. The molecule has 0 radical (unpaired) electrons. The van der Waals surface area contributed by atoms with Gasteiger partial charge in [-0.2, -0.15) is 0 Å². The van der Waals surface area contributed by atoms with E-state index in [-0.39, 0.29) is 11.5 Å². The minimum Gasteiger partial charge on any atom is -0.508 e. The van der Waals surface area contributed by atoms with Gasteiger partial charge in [-0.15, -0.1) is 0 Å². The fourth-order valence-corrected chi connectivity index (χ4v) is 3.18. The smallest absolute Gasteiger partial charge is 0.166 e. The molecule has 10 heteroatoms. The largest absolute Gasteiger partial charge is 0.508 e. The molecule has 3 aromatic carbocycles. The summed E-state index contributed by atoms with van der Waals surface area (Å²) in [6.45, 7) is 0. The van der Waals surface area contributed by atoms with Gasteiger partial charge in [-0.25, -0.2) is 0 Å². The number of phenols is 2. The van der Waals surface area contributed by atoms with Crippen molar-refractivity contribution in [2.45, 2.75) is 9.79 Å². The Morgan fingerprint density at radius 1 is 0.643 bits per heavy atom. The predicted octanol–water partition coefficient (Wildman–Crippen LogP) is 7.38. The van der Waals surface area contributed by atoms with Crippen LogP contribution in [0, 0.1) is 0 Å². The van der Waals surface area contributed by atoms with E-state index >= 15 is 0 Å². The summed E-state index contributed by atoms with van der Waals surface area (Å²) in [4.78, 5) is 2.21. The predicted molar refractivity (Wildman–Crippen MR) is 101 cm³/mol. The third-order valence-electron chi connectivity index (χ3n) is 3.16. The van der Waals surface area contributed by atoms with E-state index in [0.29, 0.717) is 0 Å². The molecule has 152 valence electrons. The zero-order chi connectivity index (χ0) is 21.1. The van der Waals surface area contributed by atoms with E-state index in [1.807, 2.05) is 48.5 Å². The molecule has 3 aromatic rings. The summed E-state index contributed by atoms with van der Waals surface area (Å²) in [6.07, 6.45) is 0. The minimum atomic E-state index is -10.7. The monoisotopic (exact) mass is 440 g/mol. The molecule has 0 saturated carbocycles. The minimum absolute atomic E-state index is 0.263. The van der Waals surface area contributed by atoms with E-state index in [1.54, 1.807) is 24.3 Å². The van der Waals surface area contributed by atoms with Crippen molar-refractivity contribution in [1.29, 1.82) is 0 Å². The quantitative estimate of drug-likeness (QED) is 0.193. The summed E-state index contributed by atoms with van der Waals surface area (Å²) in [5.41, 5.74) is 2.10. The number of hydrogen-bond acceptors (Lipinski definition) is 2. The van der Waals surface area contributed by atoms with Crippen LogP contribution < -0.4 is 0 Å². The van der Waals surface area contributed by atoms with Crippen LogP contribution in [0.25, 0.3) is 11.1 Å². The fraction of sp³-hybridized carbons (Fsp3) is 0. The molecule has 28 heavy (non-hydrogen) atoms. The van der Waals surface area contributed by atoms with Crippen LogP contribution in [0.2, 0.25) is 0 Å². The number of rotatable bonds is 3. The second-order valence-corrected chi connectivity index (χ2v) is 8.79. The van der Waals surface area contributed by atoms with E-state index in [4.69, 9.17) is 0 Å². The molecule has 0 fully saturated rings. The molecule has 0 atom stereocenters. The first kappa shape index (κ1) is 21.9. The Labute approximate surface area is 160 Å². The second kappa shape index (κ2) is 7.22. The molecule has 0 aliphatic rings. The fourth-order valence-electron chi connectivity index (χ4n) is 2.14. The van der Waals surface area contributed by atoms with Gasteiger partial charge in [0, 0.05) is 17.3 Å². The number of thiol groups is 1. The molecule has 0 bridgehead atoms. The summed E-state index contributed by atoms with van der Waals surface area (Å²) in [5.74, 6) is 0.529. The van der Waals surface area contributed by atoms with Gasteiger partial charge in [-0.3, -0.25) is 0 Å². The third kappa shape index (κ3) is 9.01. The first-order valence-electron chi connectivity index (χ1n) is 7.63. The van der Waals surface area contributed by atoms with Crippen LogP contribution in [0.5, 0.6) is 11.5 Å². The molecule has 0 spiro atoms. The Bertz CT molecular complexity index is 935. The number of aromatic hydroxyl groups is 2. The second-order valence-electron chi connectivity index (χ2n) is 5.65. The van der Waals surface area contributed by atoms with Crippen LogP contribution in [0.15, 0.2) is 82.6 Å². The molecular weight excluding hydrogens is 425 g/mol. The van der Waals surface area contributed by atoms with Crippen molar-refractivity contribution in [3.8, 4) is 22.6 Å². The Morgan fingerprint density at radius 3 is 1.68 bits per heavy atom. The molecule has 0 unspecified atom stereocenters. The topological polar surface area (TPSA) is 40.5 Å². The Balaban J connectivity index is 0.000000345. The van der Waals surface area contributed by atoms with Crippen molar-refractivity contribution >= 4 is 19.6 Å². The number of hydrogen-bond donors (Lipinski definition) is 2. The van der Waals surface area contributed by atoms with Crippen LogP contribution in [0.4, 0.5) is 25.2 Å². The van der Waals surface area contributed by atoms with Crippen LogP contribution in [0.1, 0.15) is 0 Å². The summed E-state index contributed by atoms with van der Waals surface area (Å²) in [5, 5.41) is 19.1. The average Bonchev–Trinajstić information content (AvgIpc) is 2.56. The molecule has 0 saturated heterocycles. The van der Waals surface area contributed by atoms with E-state index < -0.39 is 7.81 Å². The third-order valence-corrected chi connectivity index (χ3v) is 4.35. The first-order valence-corrected chi connectivity index (χ1v) is 10.6. The Morgan fingerprint density at radius 2 is 1.14 bits per heavy atom. The molecule has 0 aliphatic heterocycles. The molecule has 0 aliphatic carbocycles. The molecular formula is C18H15F6O2PS. The molecule has 0 aromatic heterocycles. The van der Waals surface area contributed by atoms with Crippen LogP contribution in [-0.2, 0) is 11.8 Å². The van der Waals surface area contributed by atoms with Gasteiger partial charge in [0.2, 0.25) is 0 Å². The van der Waals surface area contributed by atoms with Gasteiger partial charge in [-0.05, 0) is 48.0 Å². The van der Waals surface area contributed by atoms with Crippen LogP contribution >= 0.6 is 7.81 Å². The molecule has 3 rings (SSSR count). The van der Waals surface area contributed by atoms with Crippen molar-refractivity contribution < 1.29 is 35.4 Å². The summed E-state index contributed by atoms with van der Waals surface area (Å²) in [6, 6.07) is 22.6. The van der Waals surface area contributed by atoms with Gasteiger partial charge >= 0.3 is 33.0 Å². The van der Waals surface area contributed by atoms with Gasteiger partial charge < -0.3 is 10.2 Å². The van der Waals surface area contributed by atoms with E-state index in [1.165, 1.54) is 0 Å². The normalized spacial score (nSPS) is 13.6. The molecule has 2 N–H and O–H groups in total. The summed E-state index contributed by atoms with van der Waals surface area (Å²) >= 11 is 1.04. The zero-order valence-corrected chi connectivity index (χ0v) is 15.8. The number of halogens is 6. The maximum absolute atomic E-state index is 10.7. The van der Waals surface area contributed by atoms with E-state index in [9.17, 15) is 35.4 Å². The van der Waals surface area contributed by atoms with Gasteiger partial charge in [0.15, 0.2) is 9.79 Å². The van der Waals surface area contributed by atoms with Crippen molar-refractivity contribution in [2.75, 3.05) is 0 Å². The summed E-state index contributed by atoms with van der Waals surface area (Å²) < 4.78 is 59.2. The van der Waals surface area contributed by atoms with Crippen molar-refractivity contribution in [2.24, 2.45) is 0 Å². The summed E-state index contributed by atoms with van der Waals surface area (Å²) in [7, 11) is -10.7. The van der Waals surface area contributed by atoms with Crippen molar-refractivity contribution in [3.05, 3.63) is 72.8 Å². The number of benzene rings is 3. The first-order chi connectivity index (χ1) is 12.7. The Hall–Kier alpha value is -2.38. The molecule has 0 heterocycles. The maximum atomic E-state index is 9.87. The average molecular weight is 440 g/mol. The van der Waals surface area contributed by atoms with Crippen molar-refractivity contribution in [3.63, 3.8) is 0 Å². The van der Waals surface area contributed by atoms with E-state index in [0.717, 1.165) is 32.7 Å².